The number of benzene rings is 1. The van der Waals surface area contributed by atoms with E-state index in [4.69, 9.17) is 9.47 Å². The smallest absolute Gasteiger partial charge is 0.252 e. The lowest BCUT2D eigenvalue weighted by atomic mass is 10.1. The van der Waals surface area contributed by atoms with Gasteiger partial charge >= 0.3 is 0 Å². The van der Waals surface area contributed by atoms with Crippen LogP contribution in [0.3, 0.4) is 0 Å². The van der Waals surface area contributed by atoms with Crippen molar-refractivity contribution in [2.24, 2.45) is 0 Å². The molecule has 1 fully saturated rings. The maximum absolute atomic E-state index is 12.1. The van der Waals surface area contributed by atoms with Gasteiger partial charge in [0.15, 0.2) is 5.79 Å². The van der Waals surface area contributed by atoms with Gasteiger partial charge in [0.2, 0.25) is 0 Å². The minimum absolute atomic E-state index is 0.0681. The van der Waals surface area contributed by atoms with E-state index in [1.807, 2.05) is 39.0 Å². The van der Waals surface area contributed by atoms with Gasteiger partial charge in [-0.3, -0.25) is 4.79 Å². The van der Waals surface area contributed by atoms with Gasteiger partial charge in [-0.25, -0.2) is 0 Å². The number of ether oxygens (including phenoxy) is 2. The molecule has 1 N–H and O–H groups in total. The Morgan fingerprint density at radius 1 is 1.53 bits per heavy atom. The summed E-state index contributed by atoms with van der Waals surface area (Å²) in [5.74, 6) is -0.617. The van der Waals surface area contributed by atoms with Crippen LogP contribution in [0.2, 0.25) is 0 Å². The Kier molecular flexibility index (Phi) is 4.47. The summed E-state index contributed by atoms with van der Waals surface area (Å²) >= 11 is 2.20. The zero-order valence-corrected chi connectivity index (χ0v) is 13.5. The Bertz CT molecular complexity index is 488. The van der Waals surface area contributed by atoms with Crippen LogP contribution < -0.4 is 5.32 Å². The maximum atomic E-state index is 12.1. The number of rotatable bonds is 3. The molecule has 2 rings (SSSR count). The van der Waals surface area contributed by atoms with Crippen LogP contribution in [-0.4, -0.2) is 30.9 Å². The van der Waals surface area contributed by atoms with Crippen molar-refractivity contribution in [3.63, 3.8) is 0 Å². The van der Waals surface area contributed by atoms with E-state index < -0.39 is 5.79 Å². The molecule has 0 radical (unpaired) electrons. The molecule has 1 aromatic rings. The highest BCUT2D eigenvalue weighted by Gasteiger charge is 2.32. The summed E-state index contributed by atoms with van der Waals surface area (Å²) in [6, 6.07) is 5.72. The molecule has 1 amide bonds. The van der Waals surface area contributed by atoms with Crippen LogP contribution in [0, 0.1) is 10.5 Å². The molecule has 1 unspecified atom stereocenters. The second kappa shape index (κ2) is 5.76. The molecular weight excluding hydrogens is 357 g/mol. The lowest BCUT2D eigenvalue weighted by molar-refractivity contribution is -0.137. The van der Waals surface area contributed by atoms with Gasteiger partial charge in [0.1, 0.15) is 6.10 Å². The molecule has 1 aliphatic heterocycles. The van der Waals surface area contributed by atoms with Crippen molar-refractivity contribution < 1.29 is 14.3 Å². The highest BCUT2D eigenvalue weighted by molar-refractivity contribution is 14.1. The zero-order valence-electron chi connectivity index (χ0n) is 11.3. The number of hydrogen-bond acceptors (Lipinski definition) is 3. The number of carbonyl (C=O) groups is 1. The fourth-order valence-electron chi connectivity index (χ4n) is 1.99. The molecule has 1 aromatic carbocycles. The van der Waals surface area contributed by atoms with Crippen molar-refractivity contribution in [3.05, 3.63) is 32.9 Å². The second-order valence-corrected chi connectivity index (χ2v) is 6.18. The molecule has 0 bridgehead atoms. The van der Waals surface area contributed by atoms with Crippen LogP contribution >= 0.6 is 22.6 Å². The van der Waals surface area contributed by atoms with Gasteiger partial charge < -0.3 is 14.8 Å². The standard InChI is InChI=1S/C14H18INO3/c1-9-5-4-6-11(12(9)15)13(17)16-7-10-8-18-14(2,3)19-10/h4-6,10H,7-8H2,1-3H3,(H,16,17). The van der Waals surface area contributed by atoms with E-state index in [0.717, 1.165) is 9.13 Å². The van der Waals surface area contributed by atoms with E-state index >= 15 is 0 Å². The summed E-state index contributed by atoms with van der Waals surface area (Å²) in [6.45, 7) is 6.72. The minimum Gasteiger partial charge on any atom is -0.349 e. The molecule has 1 aliphatic rings. The average Bonchev–Trinajstić information content (AvgIpc) is 2.69. The van der Waals surface area contributed by atoms with Crippen molar-refractivity contribution in [1.29, 1.82) is 0 Å². The first kappa shape index (κ1) is 14.7. The average molecular weight is 375 g/mol. The summed E-state index contributed by atoms with van der Waals surface area (Å²) < 4.78 is 12.1. The third-order valence-electron chi connectivity index (χ3n) is 2.99. The minimum atomic E-state index is -0.548. The number of aryl methyl sites for hydroxylation is 1. The monoisotopic (exact) mass is 375 g/mol. The normalized spacial score (nSPS) is 21.4. The SMILES string of the molecule is Cc1cccc(C(=O)NCC2COC(C)(C)O2)c1I. The first-order valence-electron chi connectivity index (χ1n) is 6.24. The van der Waals surface area contributed by atoms with E-state index in [9.17, 15) is 4.79 Å². The molecule has 0 saturated carbocycles. The van der Waals surface area contributed by atoms with Crippen LogP contribution in [-0.2, 0) is 9.47 Å². The topological polar surface area (TPSA) is 47.6 Å². The lowest BCUT2D eigenvalue weighted by Crippen LogP contribution is -2.34. The maximum Gasteiger partial charge on any atom is 0.252 e. The molecule has 4 nitrogen and oxygen atoms in total. The lowest BCUT2D eigenvalue weighted by Gasteiger charge is -2.17. The van der Waals surface area contributed by atoms with Crippen LogP contribution in [0.1, 0.15) is 29.8 Å². The van der Waals surface area contributed by atoms with Crippen molar-refractivity contribution in [3.8, 4) is 0 Å². The van der Waals surface area contributed by atoms with Crippen LogP contribution in [0.25, 0.3) is 0 Å². The Morgan fingerprint density at radius 2 is 2.26 bits per heavy atom. The summed E-state index contributed by atoms with van der Waals surface area (Å²) in [7, 11) is 0. The fraction of sp³-hybridized carbons (Fsp3) is 0.500. The largest absolute Gasteiger partial charge is 0.349 e. The van der Waals surface area contributed by atoms with Crippen molar-refractivity contribution in [1.82, 2.24) is 5.32 Å². The fourth-order valence-corrected chi connectivity index (χ4v) is 2.59. The molecule has 1 heterocycles. The molecular formula is C14H18INO3. The van der Waals surface area contributed by atoms with Gasteiger partial charge in [-0.1, -0.05) is 12.1 Å². The van der Waals surface area contributed by atoms with Gasteiger partial charge in [-0.2, -0.15) is 0 Å². The van der Waals surface area contributed by atoms with Crippen molar-refractivity contribution >= 4 is 28.5 Å². The molecule has 0 aromatic heterocycles. The number of halogens is 1. The van der Waals surface area contributed by atoms with E-state index in [1.54, 1.807) is 0 Å². The van der Waals surface area contributed by atoms with E-state index in [-0.39, 0.29) is 12.0 Å². The third-order valence-corrected chi connectivity index (χ3v) is 4.43. The van der Waals surface area contributed by atoms with Gasteiger partial charge in [0.25, 0.3) is 5.91 Å². The van der Waals surface area contributed by atoms with Crippen molar-refractivity contribution in [2.45, 2.75) is 32.7 Å². The molecule has 0 spiro atoms. The predicted molar refractivity (Wildman–Crippen MR) is 81.1 cm³/mol. The Labute approximate surface area is 127 Å². The van der Waals surface area contributed by atoms with Gasteiger partial charge in [-0.05, 0) is 55.0 Å². The first-order chi connectivity index (χ1) is 8.89. The van der Waals surface area contributed by atoms with Crippen molar-refractivity contribution in [2.75, 3.05) is 13.2 Å². The number of hydrogen-bond donors (Lipinski definition) is 1. The molecule has 1 atom stereocenters. The molecule has 5 heteroatoms. The van der Waals surface area contributed by atoms with E-state index in [1.165, 1.54) is 0 Å². The molecule has 19 heavy (non-hydrogen) atoms. The quantitative estimate of drug-likeness (QED) is 0.826. The van der Waals surface area contributed by atoms with Gasteiger partial charge in [0.05, 0.1) is 12.2 Å². The summed E-state index contributed by atoms with van der Waals surface area (Å²) in [5, 5.41) is 2.90. The molecule has 104 valence electrons. The highest BCUT2D eigenvalue weighted by atomic mass is 127. The van der Waals surface area contributed by atoms with Crippen LogP contribution in [0.4, 0.5) is 0 Å². The Morgan fingerprint density at radius 3 is 2.89 bits per heavy atom. The summed E-state index contributed by atoms with van der Waals surface area (Å²) in [6.07, 6.45) is -0.0820. The first-order valence-corrected chi connectivity index (χ1v) is 7.32. The molecule has 0 aliphatic carbocycles. The van der Waals surface area contributed by atoms with Crippen LogP contribution in [0.5, 0.6) is 0 Å². The highest BCUT2D eigenvalue weighted by Crippen LogP contribution is 2.22. The van der Waals surface area contributed by atoms with E-state index in [0.29, 0.717) is 18.7 Å². The number of nitrogens with one attached hydrogen (secondary N) is 1. The Hall–Kier alpha value is -0.660. The van der Waals surface area contributed by atoms with Gasteiger partial charge in [0, 0.05) is 10.1 Å². The second-order valence-electron chi connectivity index (χ2n) is 5.10. The van der Waals surface area contributed by atoms with Gasteiger partial charge in [-0.15, -0.1) is 0 Å². The molecule has 1 saturated heterocycles. The van der Waals surface area contributed by atoms with Crippen LogP contribution in [0.15, 0.2) is 18.2 Å². The number of amides is 1. The van der Waals surface area contributed by atoms with E-state index in [2.05, 4.69) is 27.9 Å². The zero-order chi connectivity index (χ0) is 14.0. The summed E-state index contributed by atoms with van der Waals surface area (Å²) in [4.78, 5) is 12.1. The predicted octanol–water partition coefficient (Wildman–Crippen LogP) is 2.48. The Balaban J connectivity index is 1.93. The number of carbonyl (C=O) groups excluding carboxylic acids is 1. The third kappa shape index (κ3) is 3.67. The summed E-state index contributed by atoms with van der Waals surface area (Å²) in [5.41, 5.74) is 1.81.